The zero-order valence-corrected chi connectivity index (χ0v) is 15.3. The van der Waals surface area contributed by atoms with E-state index in [1.54, 1.807) is 41.5 Å². The molecule has 0 unspecified atom stereocenters. The average molecular weight is 344 g/mol. The summed E-state index contributed by atoms with van der Waals surface area (Å²) in [6.45, 7) is 10.9. The van der Waals surface area contributed by atoms with Crippen LogP contribution in [-0.2, 0) is 19.0 Å². The summed E-state index contributed by atoms with van der Waals surface area (Å²) in [7, 11) is 0. The summed E-state index contributed by atoms with van der Waals surface area (Å²) >= 11 is 0. The minimum Gasteiger partial charge on any atom is -0.466 e. The molecule has 1 heterocycles. The maximum absolute atomic E-state index is 12.4. The van der Waals surface area contributed by atoms with Gasteiger partial charge < -0.3 is 14.2 Å². The van der Waals surface area contributed by atoms with Crippen LogP contribution in [0.4, 0.5) is 9.59 Å². The summed E-state index contributed by atoms with van der Waals surface area (Å²) < 4.78 is 15.4. The van der Waals surface area contributed by atoms with Crippen LogP contribution in [0.1, 0.15) is 48.0 Å². The van der Waals surface area contributed by atoms with Crippen molar-refractivity contribution in [2.24, 2.45) is 5.92 Å². The Bertz CT molecular complexity index is 465. The van der Waals surface area contributed by atoms with Gasteiger partial charge in [-0.25, -0.2) is 19.6 Å². The zero-order valence-electron chi connectivity index (χ0n) is 15.3. The molecule has 0 radical (unpaired) electrons. The van der Waals surface area contributed by atoms with Crippen LogP contribution in [-0.4, -0.2) is 59.6 Å². The lowest BCUT2D eigenvalue weighted by molar-refractivity contribution is -0.144. The van der Waals surface area contributed by atoms with Gasteiger partial charge >= 0.3 is 18.2 Å². The Morgan fingerprint density at radius 1 is 1.04 bits per heavy atom. The van der Waals surface area contributed by atoms with Crippen molar-refractivity contribution >= 4 is 18.2 Å². The molecule has 1 aliphatic heterocycles. The Kier molecular flexibility index (Phi) is 7.31. The van der Waals surface area contributed by atoms with Crippen LogP contribution >= 0.6 is 0 Å². The second-order valence-electron chi connectivity index (χ2n) is 6.30. The van der Waals surface area contributed by atoms with Crippen molar-refractivity contribution in [1.29, 1.82) is 0 Å². The maximum atomic E-state index is 12.4. The van der Waals surface area contributed by atoms with Gasteiger partial charge in [-0.1, -0.05) is 0 Å². The molecule has 0 N–H and O–H groups in total. The largest absolute Gasteiger partial charge is 0.466 e. The number of carbonyl (C=O) groups is 3. The van der Waals surface area contributed by atoms with Crippen LogP contribution in [0.25, 0.3) is 0 Å². The molecule has 1 saturated heterocycles. The SMILES string of the molecule is CCOC(=O)C[C@H]1CN(C(=O)OC(C)C)N(C(=O)OC(C)C)[C@@H]1C. The van der Waals surface area contributed by atoms with Crippen molar-refractivity contribution in [2.45, 2.75) is 66.2 Å². The molecule has 2 atom stereocenters. The smallest absolute Gasteiger partial charge is 0.429 e. The van der Waals surface area contributed by atoms with Crippen LogP contribution in [0.15, 0.2) is 0 Å². The van der Waals surface area contributed by atoms with Gasteiger partial charge in [0.1, 0.15) is 0 Å². The Morgan fingerprint density at radius 3 is 2.08 bits per heavy atom. The molecule has 8 nitrogen and oxygen atoms in total. The number of rotatable bonds is 5. The molecule has 0 aromatic carbocycles. The minimum atomic E-state index is -0.635. The minimum absolute atomic E-state index is 0.117. The van der Waals surface area contributed by atoms with E-state index in [1.807, 2.05) is 0 Å². The summed E-state index contributed by atoms with van der Waals surface area (Å²) in [6, 6.07) is -0.389. The van der Waals surface area contributed by atoms with E-state index in [0.29, 0.717) is 0 Å². The summed E-state index contributed by atoms with van der Waals surface area (Å²) in [4.78, 5) is 36.4. The van der Waals surface area contributed by atoms with Gasteiger partial charge in [-0.2, -0.15) is 0 Å². The van der Waals surface area contributed by atoms with Crippen LogP contribution < -0.4 is 0 Å². The van der Waals surface area contributed by atoms with Crippen LogP contribution in [0.3, 0.4) is 0 Å². The highest BCUT2D eigenvalue weighted by Crippen LogP contribution is 2.29. The molecule has 0 aromatic heterocycles. The third-order valence-corrected chi connectivity index (χ3v) is 3.54. The molecule has 0 saturated carbocycles. The van der Waals surface area contributed by atoms with Crippen molar-refractivity contribution in [3.63, 3.8) is 0 Å². The third kappa shape index (κ3) is 5.28. The number of hydrogen-bond donors (Lipinski definition) is 0. The second-order valence-corrected chi connectivity index (χ2v) is 6.30. The second kappa shape index (κ2) is 8.75. The fourth-order valence-electron chi connectivity index (χ4n) is 2.50. The van der Waals surface area contributed by atoms with E-state index in [0.717, 1.165) is 0 Å². The van der Waals surface area contributed by atoms with Gasteiger partial charge in [0, 0.05) is 5.92 Å². The Morgan fingerprint density at radius 2 is 1.58 bits per heavy atom. The molecule has 1 fully saturated rings. The van der Waals surface area contributed by atoms with Gasteiger partial charge in [0.05, 0.1) is 37.8 Å². The zero-order chi connectivity index (χ0) is 18.4. The van der Waals surface area contributed by atoms with E-state index in [-0.39, 0.29) is 49.7 Å². The first-order valence-corrected chi connectivity index (χ1v) is 8.30. The highest BCUT2D eigenvalue weighted by Gasteiger charge is 2.45. The van der Waals surface area contributed by atoms with Crippen LogP contribution in [0.2, 0.25) is 0 Å². The molecule has 1 rings (SSSR count). The number of esters is 1. The van der Waals surface area contributed by atoms with Crippen molar-refractivity contribution in [3.8, 4) is 0 Å². The lowest BCUT2D eigenvalue weighted by atomic mass is 9.99. The van der Waals surface area contributed by atoms with Crippen molar-refractivity contribution < 1.29 is 28.6 Å². The van der Waals surface area contributed by atoms with E-state index in [2.05, 4.69) is 0 Å². The van der Waals surface area contributed by atoms with E-state index in [9.17, 15) is 14.4 Å². The highest BCUT2D eigenvalue weighted by molar-refractivity contribution is 5.76. The molecule has 0 spiro atoms. The number of carbonyl (C=O) groups excluding carboxylic acids is 3. The fraction of sp³-hybridized carbons (Fsp3) is 0.812. The fourth-order valence-corrected chi connectivity index (χ4v) is 2.50. The van der Waals surface area contributed by atoms with Crippen LogP contribution in [0, 0.1) is 5.92 Å². The van der Waals surface area contributed by atoms with Crippen molar-refractivity contribution in [3.05, 3.63) is 0 Å². The third-order valence-electron chi connectivity index (χ3n) is 3.54. The molecule has 0 bridgehead atoms. The van der Waals surface area contributed by atoms with Gasteiger partial charge in [-0.3, -0.25) is 4.79 Å². The van der Waals surface area contributed by atoms with Gasteiger partial charge in [0.15, 0.2) is 0 Å². The topological polar surface area (TPSA) is 85.4 Å². The molecule has 0 aliphatic carbocycles. The summed E-state index contributed by atoms with van der Waals surface area (Å²) in [5, 5.41) is 2.44. The van der Waals surface area contributed by atoms with E-state index in [4.69, 9.17) is 14.2 Å². The lowest BCUT2D eigenvalue weighted by Gasteiger charge is -2.30. The first-order chi connectivity index (χ1) is 11.2. The van der Waals surface area contributed by atoms with E-state index in [1.165, 1.54) is 10.0 Å². The van der Waals surface area contributed by atoms with E-state index >= 15 is 0 Å². The van der Waals surface area contributed by atoms with E-state index < -0.39 is 12.2 Å². The Balaban J connectivity index is 2.93. The highest BCUT2D eigenvalue weighted by atomic mass is 16.6. The molecule has 0 aromatic rings. The van der Waals surface area contributed by atoms with Gasteiger partial charge in [-0.15, -0.1) is 0 Å². The number of hydrogen-bond acceptors (Lipinski definition) is 6. The lowest BCUT2D eigenvalue weighted by Crippen LogP contribution is -2.49. The summed E-state index contributed by atoms with van der Waals surface area (Å²) in [6.07, 6.45) is -1.79. The predicted octanol–water partition coefficient (Wildman–Crippen LogP) is 2.57. The normalized spacial score (nSPS) is 20.5. The first-order valence-electron chi connectivity index (χ1n) is 8.30. The maximum Gasteiger partial charge on any atom is 0.429 e. The Labute approximate surface area is 143 Å². The summed E-state index contributed by atoms with van der Waals surface area (Å²) in [5.74, 6) is -0.603. The standard InChI is InChI=1S/C16H28N2O6/c1-7-22-14(19)8-13-9-17(15(20)23-10(2)3)18(12(13)6)16(21)24-11(4)5/h10-13H,7-9H2,1-6H3/t12-,13+/m1/s1. The number of ether oxygens (including phenoxy) is 3. The number of hydrazine groups is 1. The number of amides is 2. The molecular formula is C16H28N2O6. The van der Waals surface area contributed by atoms with Gasteiger partial charge in [0.25, 0.3) is 0 Å². The molecule has 1 aliphatic rings. The average Bonchev–Trinajstić information content (AvgIpc) is 2.75. The van der Waals surface area contributed by atoms with Gasteiger partial charge in [0.2, 0.25) is 0 Å². The van der Waals surface area contributed by atoms with Crippen LogP contribution in [0.5, 0.6) is 0 Å². The molecule has 138 valence electrons. The van der Waals surface area contributed by atoms with Crippen molar-refractivity contribution in [1.82, 2.24) is 10.0 Å². The molecule has 2 amide bonds. The number of nitrogens with zero attached hydrogens (tertiary/aromatic N) is 2. The monoisotopic (exact) mass is 344 g/mol. The molecule has 8 heteroatoms. The molecule has 24 heavy (non-hydrogen) atoms. The quantitative estimate of drug-likeness (QED) is 0.563. The Hall–Kier alpha value is -1.99. The first kappa shape index (κ1) is 20.1. The summed E-state index contributed by atoms with van der Waals surface area (Å²) in [5.41, 5.74) is 0. The van der Waals surface area contributed by atoms with Gasteiger partial charge in [-0.05, 0) is 41.5 Å². The van der Waals surface area contributed by atoms with Crippen molar-refractivity contribution in [2.75, 3.05) is 13.2 Å². The molecular weight excluding hydrogens is 316 g/mol. The predicted molar refractivity (Wildman–Crippen MR) is 86.0 cm³/mol.